The SMILES string of the molecule is O=C1C[C@H](C(=O)NCCCn2nnc3ccccc32)c2ccc(F)cc2N1. The third-order valence-electron chi connectivity index (χ3n) is 4.64. The van der Waals surface area contributed by atoms with Crippen molar-refractivity contribution >= 4 is 28.5 Å². The number of fused-ring (bicyclic) bond motifs is 2. The van der Waals surface area contributed by atoms with Crippen molar-refractivity contribution in [1.82, 2.24) is 20.3 Å². The highest BCUT2D eigenvalue weighted by molar-refractivity contribution is 6.01. The van der Waals surface area contributed by atoms with Crippen LogP contribution in [0.2, 0.25) is 0 Å². The van der Waals surface area contributed by atoms with Gasteiger partial charge in [0.15, 0.2) is 0 Å². The quantitative estimate of drug-likeness (QED) is 0.677. The van der Waals surface area contributed by atoms with E-state index >= 15 is 0 Å². The van der Waals surface area contributed by atoms with Crippen LogP contribution in [0.3, 0.4) is 0 Å². The van der Waals surface area contributed by atoms with Crippen LogP contribution in [-0.2, 0) is 16.1 Å². The molecule has 138 valence electrons. The van der Waals surface area contributed by atoms with Crippen LogP contribution in [0.4, 0.5) is 10.1 Å². The number of aromatic nitrogens is 3. The summed E-state index contributed by atoms with van der Waals surface area (Å²) < 4.78 is 15.2. The van der Waals surface area contributed by atoms with Crippen LogP contribution in [0, 0.1) is 5.82 Å². The van der Waals surface area contributed by atoms with Crippen molar-refractivity contribution in [2.45, 2.75) is 25.3 Å². The van der Waals surface area contributed by atoms with Gasteiger partial charge in [0.05, 0.1) is 11.4 Å². The first kappa shape index (κ1) is 17.1. The van der Waals surface area contributed by atoms with E-state index in [1.807, 2.05) is 24.3 Å². The topological polar surface area (TPSA) is 88.9 Å². The van der Waals surface area contributed by atoms with Gasteiger partial charge in [-0.25, -0.2) is 9.07 Å². The predicted octanol–water partition coefficient (Wildman–Crippen LogP) is 2.20. The average Bonchev–Trinajstić information content (AvgIpc) is 3.07. The molecule has 2 N–H and O–H groups in total. The van der Waals surface area contributed by atoms with E-state index in [4.69, 9.17) is 0 Å². The van der Waals surface area contributed by atoms with Crippen LogP contribution in [0.15, 0.2) is 42.5 Å². The standard InChI is InChI=1S/C19H18FN5O2/c20-12-6-7-13-14(11-18(26)22-16(13)10-12)19(27)21-8-3-9-25-17-5-2-1-4-15(17)23-24-25/h1-2,4-7,10,14H,3,8-9,11H2,(H,21,27)(H,22,26)/t14-/m0/s1. The van der Waals surface area contributed by atoms with E-state index in [0.29, 0.717) is 30.8 Å². The van der Waals surface area contributed by atoms with Gasteiger partial charge in [0.2, 0.25) is 11.8 Å². The monoisotopic (exact) mass is 367 g/mol. The molecule has 2 aromatic carbocycles. The number of benzene rings is 2. The molecule has 27 heavy (non-hydrogen) atoms. The summed E-state index contributed by atoms with van der Waals surface area (Å²) in [4.78, 5) is 24.4. The minimum absolute atomic E-state index is 0.0537. The number of carbonyl (C=O) groups is 2. The van der Waals surface area contributed by atoms with Gasteiger partial charge in [0.25, 0.3) is 0 Å². The van der Waals surface area contributed by atoms with Crippen molar-refractivity contribution in [2.24, 2.45) is 0 Å². The molecule has 0 aliphatic carbocycles. The lowest BCUT2D eigenvalue weighted by Gasteiger charge is -2.24. The van der Waals surface area contributed by atoms with E-state index in [1.54, 1.807) is 10.7 Å². The zero-order valence-corrected chi connectivity index (χ0v) is 14.5. The lowest BCUT2D eigenvalue weighted by molar-refractivity contribution is -0.126. The third-order valence-corrected chi connectivity index (χ3v) is 4.64. The fourth-order valence-electron chi connectivity index (χ4n) is 3.32. The second-order valence-corrected chi connectivity index (χ2v) is 6.48. The van der Waals surface area contributed by atoms with Gasteiger partial charge in [-0.15, -0.1) is 5.10 Å². The summed E-state index contributed by atoms with van der Waals surface area (Å²) in [6, 6.07) is 11.8. The minimum Gasteiger partial charge on any atom is -0.355 e. The van der Waals surface area contributed by atoms with Crippen LogP contribution in [0.1, 0.15) is 24.3 Å². The summed E-state index contributed by atoms with van der Waals surface area (Å²) in [5.41, 5.74) is 2.78. The lowest BCUT2D eigenvalue weighted by atomic mass is 9.89. The molecule has 1 atom stereocenters. The number of halogens is 1. The van der Waals surface area contributed by atoms with Crippen LogP contribution in [-0.4, -0.2) is 33.4 Å². The largest absolute Gasteiger partial charge is 0.355 e. The number of aryl methyl sites for hydroxylation is 1. The summed E-state index contributed by atoms with van der Waals surface area (Å²) in [6.07, 6.45) is 0.729. The number of carbonyl (C=O) groups excluding carboxylic acids is 2. The van der Waals surface area contributed by atoms with E-state index in [-0.39, 0.29) is 18.2 Å². The summed E-state index contributed by atoms with van der Waals surface area (Å²) in [6.45, 7) is 1.06. The molecule has 0 saturated heterocycles. The minimum atomic E-state index is -0.610. The molecular formula is C19H18FN5O2. The summed E-state index contributed by atoms with van der Waals surface area (Å²) in [5, 5.41) is 13.7. The number of para-hydroxylation sites is 1. The highest BCUT2D eigenvalue weighted by Gasteiger charge is 2.30. The maximum Gasteiger partial charge on any atom is 0.228 e. The maximum absolute atomic E-state index is 13.4. The Bertz CT molecular complexity index is 1020. The van der Waals surface area contributed by atoms with E-state index in [0.717, 1.165) is 11.0 Å². The number of rotatable bonds is 5. The van der Waals surface area contributed by atoms with E-state index in [2.05, 4.69) is 20.9 Å². The van der Waals surface area contributed by atoms with Gasteiger partial charge in [-0.2, -0.15) is 0 Å². The van der Waals surface area contributed by atoms with Gasteiger partial charge in [-0.1, -0.05) is 23.4 Å². The van der Waals surface area contributed by atoms with Crippen LogP contribution >= 0.6 is 0 Å². The van der Waals surface area contributed by atoms with Gasteiger partial charge < -0.3 is 10.6 Å². The lowest BCUT2D eigenvalue weighted by Crippen LogP contribution is -2.35. The van der Waals surface area contributed by atoms with E-state index in [9.17, 15) is 14.0 Å². The van der Waals surface area contributed by atoms with Crippen molar-refractivity contribution in [2.75, 3.05) is 11.9 Å². The Morgan fingerprint density at radius 2 is 2.15 bits per heavy atom. The Hall–Kier alpha value is -3.29. The Morgan fingerprint density at radius 3 is 3.04 bits per heavy atom. The number of hydrogen-bond acceptors (Lipinski definition) is 4. The molecule has 0 saturated carbocycles. The highest BCUT2D eigenvalue weighted by atomic mass is 19.1. The van der Waals surface area contributed by atoms with Gasteiger partial charge in [-0.05, 0) is 36.2 Å². The third kappa shape index (κ3) is 3.51. The van der Waals surface area contributed by atoms with Crippen molar-refractivity contribution in [3.8, 4) is 0 Å². The molecule has 0 fully saturated rings. The number of nitrogens with zero attached hydrogens (tertiary/aromatic N) is 3. The molecule has 0 radical (unpaired) electrons. The molecule has 2 heterocycles. The number of amides is 2. The Labute approximate surface area is 154 Å². The summed E-state index contributed by atoms with van der Waals surface area (Å²) >= 11 is 0. The van der Waals surface area contributed by atoms with Gasteiger partial charge >= 0.3 is 0 Å². The second-order valence-electron chi connectivity index (χ2n) is 6.48. The number of anilines is 1. The maximum atomic E-state index is 13.4. The van der Waals surface area contributed by atoms with Crippen molar-refractivity contribution in [3.63, 3.8) is 0 Å². The van der Waals surface area contributed by atoms with Crippen LogP contribution in [0.5, 0.6) is 0 Å². The van der Waals surface area contributed by atoms with E-state index < -0.39 is 11.7 Å². The van der Waals surface area contributed by atoms with Gasteiger partial charge in [0, 0.05) is 25.2 Å². The highest BCUT2D eigenvalue weighted by Crippen LogP contribution is 2.32. The molecule has 0 spiro atoms. The molecule has 1 aromatic heterocycles. The normalized spacial score (nSPS) is 16.0. The van der Waals surface area contributed by atoms with Crippen LogP contribution < -0.4 is 10.6 Å². The van der Waals surface area contributed by atoms with Crippen molar-refractivity contribution < 1.29 is 14.0 Å². The van der Waals surface area contributed by atoms with Gasteiger partial charge in [-0.3, -0.25) is 9.59 Å². The Kier molecular flexibility index (Phi) is 4.53. The fourth-order valence-corrected chi connectivity index (χ4v) is 3.32. The molecule has 7 nitrogen and oxygen atoms in total. The predicted molar refractivity (Wildman–Crippen MR) is 97.5 cm³/mol. The van der Waals surface area contributed by atoms with E-state index in [1.165, 1.54) is 12.1 Å². The molecule has 0 bridgehead atoms. The van der Waals surface area contributed by atoms with Crippen molar-refractivity contribution in [3.05, 3.63) is 53.8 Å². The number of hydrogen-bond donors (Lipinski definition) is 2. The number of nitrogens with one attached hydrogen (secondary N) is 2. The zero-order chi connectivity index (χ0) is 18.8. The molecule has 0 unspecified atom stereocenters. The zero-order valence-electron chi connectivity index (χ0n) is 14.5. The summed E-state index contributed by atoms with van der Waals surface area (Å²) in [5.74, 6) is -1.58. The smallest absolute Gasteiger partial charge is 0.228 e. The molecular weight excluding hydrogens is 349 g/mol. The average molecular weight is 367 g/mol. The molecule has 4 rings (SSSR count). The molecule has 1 aliphatic heterocycles. The molecule has 1 aliphatic rings. The fraction of sp³-hybridized carbons (Fsp3) is 0.263. The Balaban J connectivity index is 1.37. The van der Waals surface area contributed by atoms with Crippen LogP contribution in [0.25, 0.3) is 11.0 Å². The Morgan fingerprint density at radius 1 is 1.30 bits per heavy atom. The summed E-state index contributed by atoms with van der Waals surface area (Å²) in [7, 11) is 0. The van der Waals surface area contributed by atoms with Crippen molar-refractivity contribution in [1.29, 1.82) is 0 Å². The van der Waals surface area contributed by atoms with Gasteiger partial charge in [0.1, 0.15) is 11.3 Å². The first-order chi connectivity index (χ1) is 13.1. The molecule has 2 amide bonds. The first-order valence-corrected chi connectivity index (χ1v) is 8.77. The first-order valence-electron chi connectivity index (χ1n) is 8.77. The second kappa shape index (κ2) is 7.14. The molecule has 3 aromatic rings. The molecule has 8 heteroatoms.